The minimum absolute atomic E-state index is 0.122. The maximum atomic E-state index is 11.1. The summed E-state index contributed by atoms with van der Waals surface area (Å²) in [7, 11) is 1.47. The van der Waals surface area contributed by atoms with Gasteiger partial charge < -0.3 is 0 Å². The molecule has 0 aromatic heterocycles. The molecule has 1 N–H and O–H groups in total. The molecule has 0 saturated carbocycles. The van der Waals surface area contributed by atoms with Crippen LogP contribution in [0.5, 0.6) is 0 Å². The second kappa shape index (κ2) is 8.19. The van der Waals surface area contributed by atoms with Gasteiger partial charge in [-0.1, -0.05) is 30.0 Å². The van der Waals surface area contributed by atoms with E-state index in [4.69, 9.17) is 23.7 Å². The summed E-state index contributed by atoms with van der Waals surface area (Å²) in [5.74, 6) is 0. The molecule has 2 aromatic carbocycles. The van der Waals surface area contributed by atoms with Gasteiger partial charge in [-0.25, -0.2) is 8.42 Å². The van der Waals surface area contributed by atoms with Crippen molar-refractivity contribution in [2.45, 2.75) is 14.7 Å². The number of halogens is 2. The molecular formula is C12H10Cl2O5S3. The lowest BCUT2D eigenvalue weighted by molar-refractivity contribution is 0.501. The largest absolute Gasteiger partial charge is 0.353 e. The zero-order valence-electron chi connectivity index (χ0n) is 10.8. The van der Waals surface area contributed by atoms with E-state index in [9.17, 15) is 8.42 Å². The average Bonchev–Trinajstić information content (AvgIpc) is 2.37. The van der Waals surface area contributed by atoms with Gasteiger partial charge in [0.15, 0.2) is 0 Å². The first-order chi connectivity index (χ1) is 10.1. The van der Waals surface area contributed by atoms with Gasteiger partial charge in [-0.2, -0.15) is 8.42 Å². The third-order valence-electron chi connectivity index (χ3n) is 2.08. The van der Waals surface area contributed by atoms with Crippen molar-refractivity contribution in [3.05, 3.63) is 54.6 Å². The molecule has 0 fully saturated rings. The fraction of sp³-hybridized carbons (Fsp3) is 0. The van der Waals surface area contributed by atoms with Gasteiger partial charge >= 0.3 is 9.33 Å². The molecule has 0 unspecified atom stereocenters. The molecule has 0 aliphatic heterocycles. The van der Waals surface area contributed by atoms with Crippen LogP contribution in [-0.2, 0) is 18.4 Å². The second-order valence-corrected chi connectivity index (χ2v) is 9.44. The lowest BCUT2D eigenvalue weighted by Crippen LogP contribution is -1.89. The summed E-state index contributed by atoms with van der Waals surface area (Å²) in [5.41, 5.74) is 0. The first-order valence-electron chi connectivity index (χ1n) is 5.50. The normalized spacial score (nSPS) is 11.4. The number of benzene rings is 2. The van der Waals surface area contributed by atoms with Crippen molar-refractivity contribution in [2.75, 3.05) is 0 Å². The van der Waals surface area contributed by atoms with E-state index in [1.165, 1.54) is 12.1 Å². The maximum absolute atomic E-state index is 11.1. The highest BCUT2D eigenvalue weighted by molar-refractivity contribution is 8.13. The molecule has 0 heterocycles. The number of hydrogen-bond donors (Lipinski definition) is 1. The topological polar surface area (TPSA) is 88.5 Å². The first-order valence-corrected chi connectivity index (χ1v) is 10.9. The highest BCUT2D eigenvalue weighted by Crippen LogP contribution is 2.28. The Morgan fingerprint density at radius 2 is 1.18 bits per heavy atom. The lowest BCUT2D eigenvalue weighted by Gasteiger charge is -2.02. The fourth-order valence-electron chi connectivity index (χ4n) is 1.29. The summed E-state index contributed by atoms with van der Waals surface area (Å²) in [6, 6.07) is 16.4. The molecule has 5 nitrogen and oxygen atoms in total. The molecule has 2 rings (SSSR count). The number of hydrogen-bond acceptors (Lipinski definition) is 5. The van der Waals surface area contributed by atoms with E-state index in [-0.39, 0.29) is 4.90 Å². The predicted molar refractivity (Wildman–Crippen MR) is 87.4 cm³/mol. The van der Waals surface area contributed by atoms with E-state index < -0.39 is 18.4 Å². The molecule has 120 valence electrons. The molecule has 0 aliphatic carbocycles. The fourth-order valence-corrected chi connectivity index (χ4v) is 2.90. The van der Waals surface area contributed by atoms with Crippen LogP contribution in [0.4, 0.5) is 0 Å². The van der Waals surface area contributed by atoms with Gasteiger partial charge in [-0.05, 0) is 36.4 Å². The Labute approximate surface area is 141 Å². The van der Waals surface area contributed by atoms with Gasteiger partial charge in [-0.3, -0.25) is 4.55 Å². The van der Waals surface area contributed by atoms with Gasteiger partial charge in [0.05, 0.1) is 4.90 Å². The average molecular weight is 401 g/mol. The molecule has 0 bridgehead atoms. The first kappa shape index (κ1) is 19.3. The second-order valence-electron chi connectivity index (χ2n) is 3.74. The molecule has 22 heavy (non-hydrogen) atoms. The summed E-state index contributed by atoms with van der Waals surface area (Å²) in [5, 5.41) is 0. The summed E-state index contributed by atoms with van der Waals surface area (Å²) >= 11 is 1.57. The zero-order chi connectivity index (χ0) is 16.8. The molecule has 10 heteroatoms. The molecule has 0 radical (unpaired) electrons. The van der Waals surface area contributed by atoms with Gasteiger partial charge in [0.1, 0.15) is 0 Å². The van der Waals surface area contributed by atoms with Crippen LogP contribution in [0.1, 0.15) is 0 Å². The van der Waals surface area contributed by atoms with E-state index in [1.54, 1.807) is 23.9 Å². The molecule has 0 saturated heterocycles. The Morgan fingerprint density at radius 1 is 0.773 bits per heavy atom. The van der Waals surface area contributed by atoms with Gasteiger partial charge in [0.25, 0.3) is 9.05 Å². The highest BCUT2D eigenvalue weighted by Gasteiger charge is 2.09. The summed E-state index contributed by atoms with van der Waals surface area (Å²) in [6.45, 7) is 0. The van der Waals surface area contributed by atoms with Crippen molar-refractivity contribution in [3.63, 3.8) is 0 Å². The van der Waals surface area contributed by atoms with E-state index >= 15 is 0 Å². The quantitative estimate of drug-likeness (QED) is 0.622. The summed E-state index contributed by atoms with van der Waals surface area (Å²) in [6.07, 6.45) is 0. The van der Waals surface area contributed by atoms with Gasteiger partial charge in [-0.15, -0.1) is 0 Å². The van der Waals surface area contributed by atoms with Crippen molar-refractivity contribution in [3.8, 4) is 0 Å². The van der Waals surface area contributed by atoms with Gasteiger partial charge in [0.2, 0.25) is 0 Å². The van der Waals surface area contributed by atoms with Crippen LogP contribution in [0.2, 0.25) is 0 Å². The molecule has 0 atom stereocenters. The van der Waals surface area contributed by atoms with Crippen LogP contribution < -0.4 is 0 Å². The maximum Gasteiger partial charge on any atom is 0.353 e. The molecule has 0 spiro atoms. The standard InChI is InChI=1S/C12H9ClO2S2.ClHO3S/c13-17(14,15)12-8-6-11(7-9-12)16-10-4-2-1-3-5-10;1-5(2,3)4/h1-9H;(H,2,3,4). The Hall–Kier alpha value is -0.770. The summed E-state index contributed by atoms with van der Waals surface area (Å²) < 4.78 is 47.3. The minimum Gasteiger partial charge on any atom is -0.273 e. The molecule has 0 amide bonds. The van der Waals surface area contributed by atoms with Crippen LogP contribution >= 0.6 is 33.1 Å². The number of rotatable bonds is 3. The van der Waals surface area contributed by atoms with Crippen LogP contribution in [0.25, 0.3) is 0 Å². The summed E-state index contributed by atoms with van der Waals surface area (Å²) in [4.78, 5) is 2.20. The van der Waals surface area contributed by atoms with Crippen molar-refractivity contribution < 1.29 is 21.4 Å². The third-order valence-corrected chi connectivity index (χ3v) is 4.47. The lowest BCUT2D eigenvalue weighted by atomic mass is 10.4. The Bertz CT molecular complexity index is 796. The van der Waals surface area contributed by atoms with E-state index in [1.807, 2.05) is 30.3 Å². The monoisotopic (exact) mass is 400 g/mol. The smallest absolute Gasteiger partial charge is 0.273 e. The van der Waals surface area contributed by atoms with Crippen LogP contribution in [-0.4, -0.2) is 21.4 Å². The molecule has 0 aliphatic rings. The highest BCUT2D eigenvalue weighted by atomic mass is 35.7. The van der Waals surface area contributed by atoms with Crippen LogP contribution in [0.3, 0.4) is 0 Å². The Balaban J connectivity index is 0.000000422. The van der Waals surface area contributed by atoms with Crippen molar-refractivity contribution in [1.29, 1.82) is 0 Å². The van der Waals surface area contributed by atoms with E-state index in [0.717, 1.165) is 9.79 Å². The Kier molecular flexibility index (Phi) is 7.17. The van der Waals surface area contributed by atoms with Crippen molar-refractivity contribution in [1.82, 2.24) is 0 Å². The van der Waals surface area contributed by atoms with Crippen LogP contribution in [0, 0.1) is 0 Å². The zero-order valence-corrected chi connectivity index (χ0v) is 14.7. The molecular weight excluding hydrogens is 391 g/mol. The Morgan fingerprint density at radius 3 is 1.59 bits per heavy atom. The van der Waals surface area contributed by atoms with Gasteiger partial charge in [0, 0.05) is 31.2 Å². The minimum atomic E-state index is -4.19. The SMILES string of the molecule is O=S(=O)(Cl)c1ccc(Sc2ccccc2)cc1.O=S(=O)(O)Cl. The van der Waals surface area contributed by atoms with E-state index in [2.05, 4.69) is 10.7 Å². The van der Waals surface area contributed by atoms with Crippen molar-refractivity contribution in [2.24, 2.45) is 0 Å². The van der Waals surface area contributed by atoms with Crippen LogP contribution in [0.15, 0.2) is 69.3 Å². The van der Waals surface area contributed by atoms with E-state index in [0.29, 0.717) is 0 Å². The predicted octanol–water partition coefficient (Wildman–Crippen LogP) is 3.79. The third kappa shape index (κ3) is 8.62. The van der Waals surface area contributed by atoms with Crippen molar-refractivity contribution >= 4 is 51.5 Å². The molecule has 2 aromatic rings.